The van der Waals surface area contributed by atoms with E-state index in [0.29, 0.717) is 6.54 Å². The van der Waals surface area contributed by atoms with Gasteiger partial charge in [-0.25, -0.2) is 4.98 Å². The molecule has 2 rings (SSSR count). The Hall–Kier alpha value is -1.36. The number of aromatic nitrogens is 2. The van der Waals surface area contributed by atoms with E-state index >= 15 is 0 Å². The van der Waals surface area contributed by atoms with Crippen molar-refractivity contribution in [1.29, 1.82) is 0 Å². The summed E-state index contributed by atoms with van der Waals surface area (Å²) in [6, 6.07) is 5.63. The van der Waals surface area contributed by atoms with Crippen LogP contribution >= 0.6 is 15.9 Å². The van der Waals surface area contributed by atoms with Crippen molar-refractivity contribution < 1.29 is 4.52 Å². The van der Waals surface area contributed by atoms with Crippen LogP contribution in [-0.4, -0.2) is 10.1 Å². The molecular weight excluding hydrogens is 246 g/mol. The Morgan fingerprint density at radius 3 is 2.93 bits per heavy atom. The molecule has 0 aromatic carbocycles. The van der Waals surface area contributed by atoms with E-state index in [1.54, 1.807) is 12.5 Å². The summed E-state index contributed by atoms with van der Waals surface area (Å²) in [6.07, 6.45) is 3.29. The van der Waals surface area contributed by atoms with Gasteiger partial charge in [0.1, 0.15) is 17.8 Å². The number of hydrogen-bond donors (Lipinski definition) is 1. The summed E-state index contributed by atoms with van der Waals surface area (Å²) >= 11 is 3.32. The summed E-state index contributed by atoms with van der Waals surface area (Å²) in [4.78, 5) is 4.16. The molecule has 4 nitrogen and oxygen atoms in total. The molecule has 2 heterocycles. The molecule has 0 saturated carbocycles. The maximum atomic E-state index is 4.70. The Bertz CT molecular complexity index is 385. The highest BCUT2D eigenvalue weighted by Crippen LogP contribution is 2.10. The highest BCUT2D eigenvalue weighted by atomic mass is 79.9. The molecule has 0 aliphatic heterocycles. The van der Waals surface area contributed by atoms with Gasteiger partial charge in [-0.1, -0.05) is 5.16 Å². The molecule has 0 aliphatic carbocycles. The summed E-state index contributed by atoms with van der Waals surface area (Å²) < 4.78 is 5.67. The number of anilines is 1. The number of nitrogens with zero attached hydrogens (tertiary/aromatic N) is 2. The molecule has 0 atom stereocenters. The van der Waals surface area contributed by atoms with Crippen molar-refractivity contribution in [2.24, 2.45) is 0 Å². The lowest BCUT2D eigenvalue weighted by Gasteiger charge is -2.01. The van der Waals surface area contributed by atoms with Gasteiger partial charge in [-0.2, -0.15) is 0 Å². The maximum Gasteiger partial charge on any atom is 0.126 e. The Morgan fingerprint density at radius 1 is 1.36 bits per heavy atom. The summed E-state index contributed by atoms with van der Waals surface area (Å²) in [5, 5.41) is 6.89. The van der Waals surface area contributed by atoms with Crippen molar-refractivity contribution in [3.63, 3.8) is 0 Å². The molecule has 0 spiro atoms. The van der Waals surface area contributed by atoms with Crippen LogP contribution < -0.4 is 5.32 Å². The van der Waals surface area contributed by atoms with Crippen molar-refractivity contribution in [3.05, 3.63) is 40.8 Å². The lowest BCUT2D eigenvalue weighted by molar-refractivity contribution is 0.412. The second-order valence-electron chi connectivity index (χ2n) is 2.71. The number of nitrogens with one attached hydrogen (secondary N) is 1. The van der Waals surface area contributed by atoms with Crippen LogP contribution in [-0.2, 0) is 6.54 Å². The second-order valence-corrected chi connectivity index (χ2v) is 3.62. The van der Waals surface area contributed by atoms with Gasteiger partial charge >= 0.3 is 0 Å². The first-order chi connectivity index (χ1) is 6.84. The molecule has 0 radical (unpaired) electrons. The van der Waals surface area contributed by atoms with Gasteiger partial charge < -0.3 is 9.84 Å². The molecule has 2 aromatic heterocycles. The zero-order valence-corrected chi connectivity index (χ0v) is 8.86. The standard InChI is InChI=1S/C9H8BrN3O/c10-7-1-2-9(11-5-7)12-6-8-3-4-14-13-8/h1-5H,6H2,(H,11,12). The van der Waals surface area contributed by atoms with Gasteiger partial charge in [0.15, 0.2) is 0 Å². The molecule has 72 valence electrons. The minimum Gasteiger partial charge on any atom is -0.364 e. The molecule has 14 heavy (non-hydrogen) atoms. The quantitative estimate of drug-likeness (QED) is 0.913. The summed E-state index contributed by atoms with van der Waals surface area (Å²) in [7, 11) is 0. The van der Waals surface area contributed by atoms with E-state index < -0.39 is 0 Å². The zero-order chi connectivity index (χ0) is 9.80. The van der Waals surface area contributed by atoms with E-state index in [1.807, 2.05) is 18.2 Å². The van der Waals surface area contributed by atoms with Gasteiger partial charge in [0.25, 0.3) is 0 Å². The Kier molecular flexibility index (Phi) is 2.78. The average Bonchev–Trinajstić information content (AvgIpc) is 2.70. The van der Waals surface area contributed by atoms with Crippen molar-refractivity contribution in [1.82, 2.24) is 10.1 Å². The number of halogens is 1. The van der Waals surface area contributed by atoms with Gasteiger partial charge in [-0.15, -0.1) is 0 Å². The molecule has 0 bridgehead atoms. The molecule has 0 unspecified atom stereocenters. The smallest absolute Gasteiger partial charge is 0.126 e. The lowest BCUT2D eigenvalue weighted by atomic mass is 10.4. The Labute approximate surface area is 89.5 Å². The molecular formula is C9H8BrN3O. The van der Waals surface area contributed by atoms with E-state index in [0.717, 1.165) is 16.0 Å². The first kappa shape index (κ1) is 9.21. The maximum absolute atomic E-state index is 4.70. The average molecular weight is 254 g/mol. The summed E-state index contributed by atoms with van der Waals surface area (Å²) in [6.45, 7) is 0.616. The topological polar surface area (TPSA) is 51.0 Å². The van der Waals surface area contributed by atoms with Crippen molar-refractivity contribution in [3.8, 4) is 0 Å². The van der Waals surface area contributed by atoms with Crippen LogP contribution in [0.4, 0.5) is 5.82 Å². The zero-order valence-electron chi connectivity index (χ0n) is 7.27. The number of rotatable bonds is 3. The molecule has 0 fully saturated rings. The largest absolute Gasteiger partial charge is 0.364 e. The summed E-state index contributed by atoms with van der Waals surface area (Å²) in [5.74, 6) is 0.816. The number of pyridine rings is 1. The van der Waals surface area contributed by atoms with E-state index in [-0.39, 0.29) is 0 Å². The minimum atomic E-state index is 0.616. The Balaban J connectivity index is 1.95. The first-order valence-electron chi connectivity index (χ1n) is 4.09. The SMILES string of the molecule is Brc1ccc(NCc2ccon2)nc1. The molecule has 2 aromatic rings. The van der Waals surface area contributed by atoms with Crippen LogP contribution in [0, 0.1) is 0 Å². The second kappa shape index (κ2) is 4.23. The van der Waals surface area contributed by atoms with E-state index in [1.165, 1.54) is 0 Å². The van der Waals surface area contributed by atoms with Crippen molar-refractivity contribution in [2.45, 2.75) is 6.54 Å². The van der Waals surface area contributed by atoms with Gasteiger partial charge in [0, 0.05) is 16.7 Å². The molecule has 5 heteroatoms. The van der Waals surface area contributed by atoms with E-state index in [9.17, 15) is 0 Å². The number of hydrogen-bond acceptors (Lipinski definition) is 4. The van der Waals surface area contributed by atoms with Gasteiger partial charge in [-0.05, 0) is 28.1 Å². The highest BCUT2D eigenvalue weighted by Gasteiger charge is 1.97. The van der Waals surface area contributed by atoms with Gasteiger partial charge in [0.2, 0.25) is 0 Å². The molecule has 1 N–H and O–H groups in total. The van der Waals surface area contributed by atoms with Crippen molar-refractivity contribution in [2.75, 3.05) is 5.32 Å². The monoisotopic (exact) mass is 253 g/mol. The predicted octanol–water partition coefficient (Wildman–Crippen LogP) is 2.44. The van der Waals surface area contributed by atoms with Gasteiger partial charge in [0.05, 0.1) is 6.54 Å². The van der Waals surface area contributed by atoms with Crippen LogP contribution in [0.15, 0.2) is 39.7 Å². The Morgan fingerprint density at radius 2 is 2.29 bits per heavy atom. The fourth-order valence-electron chi connectivity index (χ4n) is 0.990. The minimum absolute atomic E-state index is 0.616. The van der Waals surface area contributed by atoms with E-state index in [4.69, 9.17) is 4.52 Å². The fraction of sp³-hybridized carbons (Fsp3) is 0.111. The summed E-state index contributed by atoms with van der Waals surface area (Å²) in [5.41, 5.74) is 0.856. The molecule has 0 amide bonds. The van der Waals surface area contributed by atoms with Crippen molar-refractivity contribution >= 4 is 21.7 Å². The van der Waals surface area contributed by atoms with Crippen LogP contribution in [0.25, 0.3) is 0 Å². The van der Waals surface area contributed by atoms with Gasteiger partial charge in [-0.3, -0.25) is 0 Å². The normalized spacial score (nSPS) is 10.1. The predicted molar refractivity (Wildman–Crippen MR) is 55.8 cm³/mol. The third-order valence-corrected chi connectivity index (χ3v) is 2.14. The first-order valence-corrected chi connectivity index (χ1v) is 4.88. The third-order valence-electron chi connectivity index (χ3n) is 1.67. The fourth-order valence-corrected chi connectivity index (χ4v) is 1.22. The van der Waals surface area contributed by atoms with Crippen LogP contribution in [0.3, 0.4) is 0 Å². The van der Waals surface area contributed by atoms with Crippen LogP contribution in [0.2, 0.25) is 0 Å². The third kappa shape index (κ3) is 2.32. The van der Waals surface area contributed by atoms with E-state index in [2.05, 4.69) is 31.4 Å². The van der Waals surface area contributed by atoms with Crippen LogP contribution in [0.1, 0.15) is 5.69 Å². The van der Waals surface area contributed by atoms with Crippen LogP contribution in [0.5, 0.6) is 0 Å². The molecule has 0 saturated heterocycles. The highest BCUT2D eigenvalue weighted by molar-refractivity contribution is 9.10. The molecule has 0 aliphatic rings. The lowest BCUT2D eigenvalue weighted by Crippen LogP contribution is -2.00.